The monoisotopic (exact) mass is 856 g/mol. The summed E-state index contributed by atoms with van der Waals surface area (Å²) in [5.74, 6) is -0.256. The van der Waals surface area contributed by atoms with Crippen molar-refractivity contribution in [3.8, 4) is 0 Å². The molecule has 0 bridgehead atoms. The van der Waals surface area contributed by atoms with Crippen LogP contribution in [0.1, 0.15) is 142 Å². The van der Waals surface area contributed by atoms with E-state index in [1.807, 2.05) is 6.08 Å². The molecule has 2 heterocycles. The number of hydrogen-bond acceptors (Lipinski definition) is 13. The third-order valence-corrected chi connectivity index (χ3v) is 11.0. The summed E-state index contributed by atoms with van der Waals surface area (Å²) in [6.45, 7) is 2.60. The molecule has 14 nitrogen and oxygen atoms in total. The summed E-state index contributed by atoms with van der Waals surface area (Å²) < 4.78 is 22.6. The summed E-state index contributed by atoms with van der Waals surface area (Å²) in [6.07, 6.45) is 20.2. The van der Waals surface area contributed by atoms with Crippen molar-refractivity contribution < 1.29 is 64.6 Å². The van der Waals surface area contributed by atoms with E-state index in [4.69, 9.17) is 18.9 Å². The van der Waals surface area contributed by atoms with Crippen LogP contribution in [0.3, 0.4) is 0 Å². The number of nitrogens with one attached hydrogen (secondary N) is 1. The van der Waals surface area contributed by atoms with Gasteiger partial charge in [0.2, 0.25) is 5.91 Å². The molecular formula is C46H81NO13. The highest BCUT2D eigenvalue weighted by Crippen LogP contribution is 2.30. The van der Waals surface area contributed by atoms with Crippen LogP contribution in [-0.4, -0.2) is 140 Å². The normalized spacial score (nSPS) is 28.7. The van der Waals surface area contributed by atoms with Crippen molar-refractivity contribution in [2.75, 3.05) is 19.8 Å². The first-order chi connectivity index (χ1) is 29.1. The Morgan fingerprint density at radius 1 is 0.617 bits per heavy atom. The number of allylic oxidation sites excluding steroid dienone is 7. The topological polar surface area (TPSA) is 228 Å². The summed E-state index contributed by atoms with van der Waals surface area (Å²) in [7, 11) is 0. The molecular weight excluding hydrogens is 774 g/mol. The average Bonchev–Trinajstić information content (AvgIpc) is 3.24. The highest BCUT2D eigenvalue weighted by Gasteiger charge is 2.50. The molecule has 0 spiro atoms. The zero-order valence-electron chi connectivity index (χ0n) is 36.4. The average molecular weight is 856 g/mol. The number of carbonyl (C=O) groups excluding carboxylic acids is 1. The fourth-order valence-corrected chi connectivity index (χ4v) is 7.24. The Kier molecular flexibility index (Phi) is 30.2. The van der Waals surface area contributed by atoms with Crippen molar-refractivity contribution in [2.45, 2.75) is 216 Å². The minimum Gasteiger partial charge on any atom is -0.394 e. The van der Waals surface area contributed by atoms with E-state index in [1.165, 1.54) is 38.5 Å². The summed E-state index contributed by atoms with van der Waals surface area (Å²) in [5.41, 5.74) is 0. The number of amides is 1. The van der Waals surface area contributed by atoms with Crippen molar-refractivity contribution >= 4 is 5.91 Å². The largest absolute Gasteiger partial charge is 0.394 e. The zero-order chi connectivity index (χ0) is 44.0. The van der Waals surface area contributed by atoms with Gasteiger partial charge in [0.25, 0.3) is 0 Å². The predicted octanol–water partition coefficient (Wildman–Crippen LogP) is 4.54. The van der Waals surface area contributed by atoms with Gasteiger partial charge in [0, 0.05) is 6.42 Å². The second kappa shape index (κ2) is 33.5. The van der Waals surface area contributed by atoms with E-state index in [0.29, 0.717) is 6.42 Å². The Hall–Kier alpha value is -2.05. The SMILES string of the molecule is CC/C=C\C/C=C\C/C=C\CCCCCCCCCC(=O)NC(COC1OC(CO)C(OC2OC(CO)C(O)C(O)C2O)C(O)C1O)C(O)/C=C/CCCCCCCCC. The molecule has 2 aliphatic rings. The van der Waals surface area contributed by atoms with Gasteiger partial charge in [-0.15, -0.1) is 0 Å². The number of aliphatic hydroxyl groups excluding tert-OH is 8. The second-order valence-electron chi connectivity index (χ2n) is 16.1. The number of aliphatic hydroxyl groups is 8. The molecule has 0 aliphatic carbocycles. The first kappa shape index (κ1) is 54.1. The molecule has 2 fully saturated rings. The number of ether oxygens (including phenoxy) is 4. The molecule has 12 unspecified atom stereocenters. The second-order valence-corrected chi connectivity index (χ2v) is 16.1. The van der Waals surface area contributed by atoms with E-state index in [9.17, 15) is 45.6 Å². The van der Waals surface area contributed by atoms with Gasteiger partial charge in [-0.1, -0.05) is 133 Å². The van der Waals surface area contributed by atoms with E-state index in [2.05, 4.69) is 55.6 Å². The van der Waals surface area contributed by atoms with Crippen LogP contribution in [0.15, 0.2) is 48.6 Å². The molecule has 2 rings (SSSR count). The summed E-state index contributed by atoms with van der Waals surface area (Å²) in [6, 6.07) is -0.917. The summed E-state index contributed by atoms with van der Waals surface area (Å²) in [4.78, 5) is 13.1. The van der Waals surface area contributed by atoms with Gasteiger partial charge in [0.15, 0.2) is 12.6 Å². The fourth-order valence-electron chi connectivity index (χ4n) is 7.24. The quantitative estimate of drug-likeness (QED) is 0.0327. The summed E-state index contributed by atoms with van der Waals surface area (Å²) >= 11 is 0. The van der Waals surface area contributed by atoms with Gasteiger partial charge in [0.05, 0.1) is 32.0 Å². The molecule has 2 aliphatic heterocycles. The molecule has 12 atom stereocenters. The van der Waals surface area contributed by atoms with E-state index in [1.54, 1.807) is 6.08 Å². The first-order valence-electron chi connectivity index (χ1n) is 22.9. The molecule has 14 heteroatoms. The van der Waals surface area contributed by atoms with Crippen molar-refractivity contribution in [1.82, 2.24) is 5.32 Å². The number of rotatable bonds is 33. The predicted molar refractivity (Wildman–Crippen MR) is 231 cm³/mol. The molecule has 0 radical (unpaired) electrons. The van der Waals surface area contributed by atoms with Crippen molar-refractivity contribution in [1.29, 1.82) is 0 Å². The van der Waals surface area contributed by atoms with Crippen LogP contribution in [0.5, 0.6) is 0 Å². The maximum absolute atomic E-state index is 13.1. The molecule has 9 N–H and O–H groups in total. The third-order valence-electron chi connectivity index (χ3n) is 11.0. The van der Waals surface area contributed by atoms with Crippen LogP contribution in [0.25, 0.3) is 0 Å². The molecule has 2 saturated heterocycles. The molecule has 0 saturated carbocycles. The number of carbonyl (C=O) groups is 1. The minimum atomic E-state index is -1.79. The van der Waals surface area contributed by atoms with Gasteiger partial charge in [0.1, 0.15) is 48.8 Å². The Morgan fingerprint density at radius 2 is 1.15 bits per heavy atom. The van der Waals surface area contributed by atoms with Crippen LogP contribution in [0.2, 0.25) is 0 Å². The van der Waals surface area contributed by atoms with Crippen LogP contribution >= 0.6 is 0 Å². The maximum Gasteiger partial charge on any atom is 0.220 e. The lowest BCUT2D eigenvalue weighted by molar-refractivity contribution is -0.359. The van der Waals surface area contributed by atoms with Gasteiger partial charge < -0.3 is 65.1 Å². The van der Waals surface area contributed by atoms with E-state index < -0.39 is 86.8 Å². The highest BCUT2D eigenvalue weighted by molar-refractivity contribution is 5.76. The van der Waals surface area contributed by atoms with Gasteiger partial charge in [-0.25, -0.2) is 0 Å². The third kappa shape index (κ3) is 21.4. The lowest BCUT2D eigenvalue weighted by Crippen LogP contribution is -2.65. The number of hydrogen-bond donors (Lipinski definition) is 9. The lowest BCUT2D eigenvalue weighted by Gasteiger charge is -2.46. The highest BCUT2D eigenvalue weighted by atomic mass is 16.7. The van der Waals surface area contributed by atoms with Gasteiger partial charge in [-0.3, -0.25) is 4.79 Å². The molecule has 0 aromatic carbocycles. The van der Waals surface area contributed by atoms with Crippen molar-refractivity contribution in [3.63, 3.8) is 0 Å². The van der Waals surface area contributed by atoms with Crippen molar-refractivity contribution in [2.24, 2.45) is 0 Å². The Morgan fingerprint density at radius 3 is 1.77 bits per heavy atom. The Labute approximate surface area is 359 Å². The van der Waals surface area contributed by atoms with E-state index in [0.717, 1.165) is 77.0 Å². The smallest absolute Gasteiger partial charge is 0.220 e. The van der Waals surface area contributed by atoms with Crippen LogP contribution in [0.4, 0.5) is 0 Å². The zero-order valence-corrected chi connectivity index (χ0v) is 36.4. The molecule has 348 valence electrons. The fraction of sp³-hybridized carbons (Fsp3) is 0.804. The van der Waals surface area contributed by atoms with Crippen LogP contribution < -0.4 is 5.32 Å². The van der Waals surface area contributed by atoms with E-state index >= 15 is 0 Å². The standard InChI is InChI=1S/C46H81NO13/c1-3-5-7-9-11-13-14-15-16-17-18-19-20-22-24-26-28-30-38(51)47-34(35(50)29-27-25-23-21-12-10-8-6-4-2)33-57-45-43(56)41(54)44(37(32-49)59-45)60-46-42(55)40(53)39(52)36(31-48)58-46/h5,7,11,13,15-16,27,29,34-37,39-46,48-50,52-56H,3-4,6,8-10,12,14,17-26,28,30-33H2,1-2H3,(H,47,51)/b7-5-,13-11-,16-15-,29-27+. The molecule has 0 aromatic heterocycles. The molecule has 60 heavy (non-hydrogen) atoms. The minimum absolute atomic E-state index is 0.256. The van der Waals surface area contributed by atoms with Gasteiger partial charge in [-0.05, 0) is 51.4 Å². The maximum atomic E-state index is 13.1. The van der Waals surface area contributed by atoms with Crippen LogP contribution in [-0.2, 0) is 23.7 Å². The van der Waals surface area contributed by atoms with Crippen LogP contribution in [0, 0.1) is 0 Å². The molecule has 0 aromatic rings. The number of unbranched alkanes of at least 4 members (excludes halogenated alkanes) is 14. The van der Waals surface area contributed by atoms with Gasteiger partial charge >= 0.3 is 0 Å². The van der Waals surface area contributed by atoms with Gasteiger partial charge in [-0.2, -0.15) is 0 Å². The summed E-state index contributed by atoms with van der Waals surface area (Å²) in [5, 5.41) is 86.3. The Balaban J connectivity index is 1.87. The first-order valence-corrected chi connectivity index (χ1v) is 22.9. The van der Waals surface area contributed by atoms with E-state index in [-0.39, 0.29) is 18.9 Å². The molecule has 1 amide bonds. The lowest BCUT2D eigenvalue weighted by atomic mass is 9.97. The Bertz CT molecular complexity index is 1200. The van der Waals surface area contributed by atoms with Crippen molar-refractivity contribution in [3.05, 3.63) is 48.6 Å².